The van der Waals surface area contributed by atoms with Crippen LogP contribution in [0.4, 0.5) is 0 Å². The number of hydrogen-bond acceptors (Lipinski definition) is 3. The predicted molar refractivity (Wildman–Crippen MR) is 61.7 cm³/mol. The van der Waals surface area contributed by atoms with Gasteiger partial charge in [-0.3, -0.25) is 9.59 Å². The lowest BCUT2D eigenvalue weighted by molar-refractivity contribution is -0.130. The molecule has 1 aliphatic rings. The maximum atomic E-state index is 11.2. The molecule has 0 bridgehead atoms. The lowest BCUT2D eigenvalue weighted by Gasteiger charge is -2.34. The number of amides is 2. The van der Waals surface area contributed by atoms with Gasteiger partial charge in [-0.25, -0.2) is 0 Å². The first-order chi connectivity index (χ1) is 7.54. The number of carbonyl (C=O) groups is 2. The van der Waals surface area contributed by atoms with Crippen LogP contribution in [0.3, 0.4) is 0 Å². The molecule has 0 saturated heterocycles. The second-order valence-electron chi connectivity index (χ2n) is 4.41. The van der Waals surface area contributed by atoms with E-state index in [0.717, 1.165) is 25.7 Å². The molecule has 0 heterocycles. The molecule has 2 amide bonds. The zero-order valence-corrected chi connectivity index (χ0v) is 10.0. The molecule has 1 saturated carbocycles. The van der Waals surface area contributed by atoms with Gasteiger partial charge in [0.05, 0.1) is 6.54 Å². The van der Waals surface area contributed by atoms with Crippen LogP contribution in [0.15, 0.2) is 0 Å². The van der Waals surface area contributed by atoms with Crippen molar-refractivity contribution in [1.29, 1.82) is 0 Å². The summed E-state index contributed by atoms with van der Waals surface area (Å²) in [6, 6.07) is 0.552. The average molecular weight is 227 g/mol. The number of rotatable bonds is 3. The summed E-state index contributed by atoms with van der Waals surface area (Å²) in [5, 5.41) is 2.89. The molecule has 3 N–H and O–H groups in total. The number of nitrogens with zero attached hydrogens (tertiary/aromatic N) is 1. The minimum Gasteiger partial charge on any atom is -0.352 e. The highest BCUT2D eigenvalue weighted by molar-refractivity contribution is 5.78. The maximum Gasteiger partial charge on any atom is 0.233 e. The number of carbonyl (C=O) groups excluding carboxylic acids is 2. The molecule has 0 aromatic heterocycles. The number of nitrogens with two attached hydrogens (primary N) is 1. The third-order valence-electron chi connectivity index (χ3n) is 3.29. The van der Waals surface area contributed by atoms with Gasteiger partial charge in [-0.15, -0.1) is 0 Å². The normalized spacial score (nSPS) is 24.9. The van der Waals surface area contributed by atoms with Crippen molar-refractivity contribution in [3.05, 3.63) is 0 Å². The minimum absolute atomic E-state index is 0.0489. The Morgan fingerprint density at radius 2 is 1.88 bits per heavy atom. The van der Waals surface area contributed by atoms with Crippen LogP contribution in [0.25, 0.3) is 0 Å². The molecule has 0 aromatic rings. The maximum absolute atomic E-state index is 11.2. The fourth-order valence-corrected chi connectivity index (χ4v) is 2.15. The van der Waals surface area contributed by atoms with Gasteiger partial charge < -0.3 is 16.0 Å². The summed E-state index contributed by atoms with van der Waals surface area (Å²) in [7, 11) is 1.84. The molecule has 0 aliphatic heterocycles. The van der Waals surface area contributed by atoms with Gasteiger partial charge in [0.1, 0.15) is 0 Å². The molecule has 16 heavy (non-hydrogen) atoms. The Labute approximate surface area is 96.4 Å². The monoisotopic (exact) mass is 227 g/mol. The third kappa shape index (κ3) is 3.48. The molecular weight excluding hydrogens is 206 g/mol. The van der Waals surface area contributed by atoms with Crippen molar-refractivity contribution in [2.45, 2.75) is 44.7 Å². The van der Waals surface area contributed by atoms with Gasteiger partial charge in [-0.05, 0) is 25.7 Å². The zero-order valence-electron chi connectivity index (χ0n) is 10.0. The van der Waals surface area contributed by atoms with E-state index in [4.69, 9.17) is 5.73 Å². The molecule has 5 heteroatoms. The van der Waals surface area contributed by atoms with Gasteiger partial charge in [0.25, 0.3) is 0 Å². The third-order valence-corrected chi connectivity index (χ3v) is 3.29. The Balaban J connectivity index is 2.34. The van der Waals surface area contributed by atoms with Crippen LogP contribution in [0.1, 0.15) is 32.6 Å². The molecule has 0 spiro atoms. The van der Waals surface area contributed by atoms with E-state index in [0.29, 0.717) is 6.04 Å². The van der Waals surface area contributed by atoms with E-state index in [1.165, 1.54) is 0 Å². The molecule has 0 atom stereocenters. The van der Waals surface area contributed by atoms with E-state index in [2.05, 4.69) is 5.32 Å². The summed E-state index contributed by atoms with van der Waals surface area (Å²) in [6.07, 6.45) is 3.75. The van der Waals surface area contributed by atoms with Crippen LogP contribution in [-0.2, 0) is 9.59 Å². The Hall–Kier alpha value is -1.10. The average Bonchev–Trinajstić information content (AvgIpc) is 2.28. The van der Waals surface area contributed by atoms with Crippen LogP contribution in [0.5, 0.6) is 0 Å². The molecule has 1 aliphatic carbocycles. The summed E-state index contributed by atoms with van der Waals surface area (Å²) >= 11 is 0. The highest BCUT2D eigenvalue weighted by Gasteiger charge is 2.25. The summed E-state index contributed by atoms with van der Waals surface area (Å²) < 4.78 is 0. The Bertz CT molecular complexity index is 260. The van der Waals surface area contributed by atoms with Crippen molar-refractivity contribution in [3.8, 4) is 0 Å². The van der Waals surface area contributed by atoms with E-state index < -0.39 is 0 Å². The van der Waals surface area contributed by atoms with Gasteiger partial charge in [0.15, 0.2) is 0 Å². The second-order valence-corrected chi connectivity index (χ2v) is 4.41. The van der Waals surface area contributed by atoms with Crippen molar-refractivity contribution in [1.82, 2.24) is 10.2 Å². The largest absolute Gasteiger partial charge is 0.352 e. The van der Waals surface area contributed by atoms with Crippen molar-refractivity contribution in [2.24, 2.45) is 5.73 Å². The molecule has 92 valence electrons. The van der Waals surface area contributed by atoms with Gasteiger partial charge in [-0.1, -0.05) is 0 Å². The first-order valence-corrected chi connectivity index (χ1v) is 5.77. The standard InChI is InChI=1S/C11H21N3O2/c1-8(15)14(2)10-5-3-9(4-6-10)13-11(16)7-12/h9-10H,3-7,12H2,1-2H3,(H,13,16). The molecular formula is C11H21N3O2. The van der Waals surface area contributed by atoms with Gasteiger partial charge in [-0.2, -0.15) is 0 Å². The summed E-state index contributed by atoms with van der Waals surface area (Å²) in [5.74, 6) is 0.0119. The summed E-state index contributed by atoms with van der Waals surface area (Å²) in [5.41, 5.74) is 5.24. The van der Waals surface area contributed by atoms with E-state index in [-0.39, 0.29) is 24.4 Å². The highest BCUT2D eigenvalue weighted by Crippen LogP contribution is 2.22. The van der Waals surface area contributed by atoms with E-state index in [1.807, 2.05) is 7.05 Å². The summed E-state index contributed by atoms with van der Waals surface area (Å²) in [6.45, 7) is 1.63. The predicted octanol–water partition coefficient (Wildman–Crippen LogP) is -0.149. The zero-order chi connectivity index (χ0) is 12.1. The van der Waals surface area contributed by atoms with Crippen molar-refractivity contribution in [2.75, 3.05) is 13.6 Å². The van der Waals surface area contributed by atoms with Gasteiger partial charge in [0.2, 0.25) is 11.8 Å². The minimum atomic E-state index is -0.0941. The molecule has 0 unspecified atom stereocenters. The fourth-order valence-electron chi connectivity index (χ4n) is 2.15. The smallest absolute Gasteiger partial charge is 0.233 e. The quantitative estimate of drug-likeness (QED) is 0.704. The SMILES string of the molecule is CC(=O)N(C)C1CCC(NC(=O)CN)CC1. The van der Waals surface area contributed by atoms with Crippen molar-refractivity contribution in [3.63, 3.8) is 0 Å². The van der Waals surface area contributed by atoms with Crippen LogP contribution < -0.4 is 11.1 Å². The second kappa shape index (κ2) is 5.84. The van der Waals surface area contributed by atoms with Gasteiger partial charge in [0, 0.05) is 26.1 Å². The summed E-state index contributed by atoms with van der Waals surface area (Å²) in [4.78, 5) is 24.1. The van der Waals surface area contributed by atoms with E-state index in [1.54, 1.807) is 11.8 Å². The van der Waals surface area contributed by atoms with E-state index in [9.17, 15) is 9.59 Å². The van der Waals surface area contributed by atoms with Crippen LogP contribution >= 0.6 is 0 Å². The lowest BCUT2D eigenvalue weighted by Crippen LogP contribution is -2.45. The Morgan fingerprint density at radius 3 is 2.31 bits per heavy atom. The lowest BCUT2D eigenvalue weighted by atomic mass is 9.90. The van der Waals surface area contributed by atoms with Crippen LogP contribution in [0.2, 0.25) is 0 Å². The number of hydrogen-bond donors (Lipinski definition) is 2. The first-order valence-electron chi connectivity index (χ1n) is 5.77. The van der Waals surface area contributed by atoms with E-state index >= 15 is 0 Å². The molecule has 0 radical (unpaired) electrons. The highest BCUT2D eigenvalue weighted by atomic mass is 16.2. The number of nitrogens with one attached hydrogen (secondary N) is 1. The Kier molecular flexibility index (Phi) is 4.73. The van der Waals surface area contributed by atoms with Crippen molar-refractivity contribution >= 4 is 11.8 Å². The van der Waals surface area contributed by atoms with Crippen LogP contribution in [-0.4, -0.2) is 42.4 Å². The molecule has 1 rings (SSSR count). The topological polar surface area (TPSA) is 75.4 Å². The van der Waals surface area contributed by atoms with Crippen molar-refractivity contribution < 1.29 is 9.59 Å². The first kappa shape index (κ1) is 13.0. The molecule has 5 nitrogen and oxygen atoms in total. The van der Waals surface area contributed by atoms with Gasteiger partial charge >= 0.3 is 0 Å². The molecule has 1 fully saturated rings. The Morgan fingerprint density at radius 1 is 1.31 bits per heavy atom. The van der Waals surface area contributed by atoms with Crippen LogP contribution in [0, 0.1) is 0 Å². The molecule has 0 aromatic carbocycles. The fraction of sp³-hybridized carbons (Fsp3) is 0.818.